The minimum absolute atomic E-state index is 0.693. The van der Waals surface area contributed by atoms with E-state index in [2.05, 4.69) is 101 Å². The van der Waals surface area contributed by atoms with E-state index >= 15 is 0 Å². The molecule has 6 nitrogen and oxygen atoms in total. The second-order valence-electron chi connectivity index (χ2n) is 13.0. The molecule has 0 N–H and O–H groups in total. The van der Waals surface area contributed by atoms with Crippen molar-refractivity contribution in [2.45, 2.75) is 0 Å². The maximum absolute atomic E-state index is 5.44. The lowest BCUT2D eigenvalue weighted by Crippen LogP contribution is -1.96. The summed E-state index contributed by atoms with van der Waals surface area (Å²) in [6.07, 6.45) is 0. The minimum atomic E-state index is 0.693. The zero-order chi connectivity index (χ0) is 35.1. The Morgan fingerprint density at radius 1 is 0.358 bits per heavy atom. The van der Waals surface area contributed by atoms with Crippen molar-refractivity contribution in [2.75, 3.05) is 0 Å². The molecule has 3 aromatic heterocycles. The number of pyridine rings is 1. The van der Waals surface area contributed by atoms with Crippen LogP contribution in [0, 0.1) is 0 Å². The van der Waals surface area contributed by atoms with Gasteiger partial charge in [0.1, 0.15) is 11.0 Å². The summed E-state index contributed by atoms with van der Waals surface area (Å²) in [5.74, 6) is 0.693. The Balaban J connectivity index is 1.12. The van der Waals surface area contributed by atoms with E-state index in [4.69, 9.17) is 19.6 Å². The first kappa shape index (κ1) is 30.5. The second kappa shape index (κ2) is 12.8. The molecule has 3 heterocycles. The Kier molecular flexibility index (Phi) is 7.36. The summed E-state index contributed by atoms with van der Waals surface area (Å²) in [5.41, 5.74) is 13.1. The zero-order valence-electron chi connectivity index (χ0n) is 28.4. The molecule has 53 heavy (non-hydrogen) atoms. The maximum Gasteiger partial charge on any atom is 0.160 e. The van der Waals surface area contributed by atoms with Crippen LogP contribution in [-0.4, -0.2) is 25.3 Å². The van der Waals surface area contributed by atoms with Crippen molar-refractivity contribution in [1.29, 1.82) is 0 Å². The van der Waals surface area contributed by atoms with Crippen molar-refractivity contribution in [1.82, 2.24) is 25.3 Å². The van der Waals surface area contributed by atoms with Crippen molar-refractivity contribution in [3.63, 3.8) is 0 Å². The molecule has 0 aliphatic heterocycles. The molecule has 0 unspecified atom stereocenters. The van der Waals surface area contributed by atoms with Crippen LogP contribution < -0.4 is 0 Å². The fourth-order valence-corrected chi connectivity index (χ4v) is 7.15. The van der Waals surface area contributed by atoms with Gasteiger partial charge in [-0.25, -0.2) is 19.6 Å². The first-order valence-corrected chi connectivity index (χ1v) is 17.5. The van der Waals surface area contributed by atoms with E-state index in [-0.39, 0.29) is 0 Å². The average molecular weight is 680 g/mol. The molecule has 0 aliphatic rings. The summed E-state index contributed by atoms with van der Waals surface area (Å²) in [6, 6.07) is 60.1. The number of benzene rings is 7. The van der Waals surface area contributed by atoms with E-state index < -0.39 is 0 Å². The number of fused-ring (bicyclic) bond motifs is 5. The molecule has 0 fully saturated rings. The van der Waals surface area contributed by atoms with Gasteiger partial charge in [0, 0.05) is 44.0 Å². The van der Waals surface area contributed by atoms with Crippen molar-refractivity contribution in [3.8, 4) is 67.4 Å². The average Bonchev–Trinajstić information content (AvgIpc) is 3.74. The summed E-state index contributed by atoms with van der Waals surface area (Å²) in [5, 5.41) is 11.8. The highest BCUT2D eigenvalue weighted by atomic mass is 16.6. The van der Waals surface area contributed by atoms with Crippen LogP contribution in [0.1, 0.15) is 0 Å². The van der Waals surface area contributed by atoms with Crippen molar-refractivity contribution < 1.29 is 4.63 Å². The lowest BCUT2D eigenvalue weighted by molar-refractivity contribution is 0.316. The third kappa shape index (κ3) is 5.50. The maximum atomic E-state index is 5.44. The number of rotatable bonds is 6. The zero-order valence-corrected chi connectivity index (χ0v) is 28.4. The summed E-state index contributed by atoms with van der Waals surface area (Å²) in [7, 11) is 0. The van der Waals surface area contributed by atoms with Crippen molar-refractivity contribution in [3.05, 3.63) is 176 Å². The summed E-state index contributed by atoms with van der Waals surface area (Å²) >= 11 is 0. The minimum Gasteiger partial charge on any atom is -0.247 e. The molecule has 7 aromatic carbocycles. The molecule has 0 aliphatic carbocycles. The number of hydrogen-bond donors (Lipinski definition) is 0. The van der Waals surface area contributed by atoms with E-state index in [0.717, 1.165) is 88.8 Å². The molecule has 0 bridgehead atoms. The SMILES string of the molecule is c1ccc(-c2cc(-c3ccc(-c4ccc5nc(-c6ccccc6)c6cc(-c7ccccc7)c7nonc7c6c5c4)cc3)nc(-c3ccccc3)n2)cc1. The predicted molar refractivity (Wildman–Crippen MR) is 213 cm³/mol. The molecule has 0 atom stereocenters. The highest BCUT2D eigenvalue weighted by Gasteiger charge is 2.20. The van der Waals surface area contributed by atoms with Crippen LogP contribution in [0.4, 0.5) is 0 Å². The van der Waals surface area contributed by atoms with Gasteiger partial charge >= 0.3 is 0 Å². The lowest BCUT2D eigenvalue weighted by atomic mass is 9.92. The Hall–Kier alpha value is -7.31. The van der Waals surface area contributed by atoms with Gasteiger partial charge in [-0.05, 0) is 51.3 Å². The van der Waals surface area contributed by atoms with Gasteiger partial charge in [-0.15, -0.1) is 0 Å². The smallest absolute Gasteiger partial charge is 0.160 e. The molecule has 0 spiro atoms. The third-order valence-electron chi connectivity index (χ3n) is 9.77. The first-order valence-electron chi connectivity index (χ1n) is 17.5. The Morgan fingerprint density at radius 2 is 0.887 bits per heavy atom. The normalized spacial score (nSPS) is 11.4. The summed E-state index contributed by atoms with van der Waals surface area (Å²) in [4.78, 5) is 15.2. The van der Waals surface area contributed by atoms with E-state index in [1.165, 1.54) is 0 Å². The molecule has 0 saturated carbocycles. The molecule has 10 rings (SSSR count). The van der Waals surface area contributed by atoms with Crippen LogP contribution in [0.2, 0.25) is 0 Å². The van der Waals surface area contributed by atoms with Crippen LogP contribution in [0.3, 0.4) is 0 Å². The molecule has 0 amide bonds. The van der Waals surface area contributed by atoms with E-state index in [1.54, 1.807) is 0 Å². The highest BCUT2D eigenvalue weighted by Crippen LogP contribution is 2.41. The van der Waals surface area contributed by atoms with Crippen LogP contribution in [-0.2, 0) is 0 Å². The van der Waals surface area contributed by atoms with Gasteiger partial charge in [0.15, 0.2) is 5.82 Å². The van der Waals surface area contributed by atoms with Gasteiger partial charge in [-0.3, -0.25) is 0 Å². The van der Waals surface area contributed by atoms with Gasteiger partial charge in [-0.1, -0.05) is 152 Å². The van der Waals surface area contributed by atoms with Crippen LogP contribution in [0.15, 0.2) is 181 Å². The monoisotopic (exact) mass is 679 g/mol. The van der Waals surface area contributed by atoms with Crippen LogP contribution in [0.25, 0.3) is 100 Å². The fraction of sp³-hybridized carbons (Fsp3) is 0. The van der Waals surface area contributed by atoms with E-state index in [0.29, 0.717) is 11.3 Å². The molecular formula is C47H29N5O. The van der Waals surface area contributed by atoms with Crippen molar-refractivity contribution >= 4 is 32.7 Å². The molecule has 6 heteroatoms. The van der Waals surface area contributed by atoms with Gasteiger partial charge in [0.2, 0.25) is 0 Å². The summed E-state index contributed by atoms with van der Waals surface area (Å²) < 4.78 is 5.44. The molecule has 0 radical (unpaired) electrons. The third-order valence-corrected chi connectivity index (χ3v) is 9.77. The Bertz CT molecular complexity index is 2850. The highest BCUT2D eigenvalue weighted by molar-refractivity contribution is 6.23. The fourth-order valence-electron chi connectivity index (χ4n) is 7.15. The predicted octanol–water partition coefficient (Wildman–Crippen LogP) is 11.7. The number of hydrogen-bond acceptors (Lipinski definition) is 6. The molecule has 10 aromatic rings. The lowest BCUT2D eigenvalue weighted by Gasteiger charge is -2.14. The van der Waals surface area contributed by atoms with Crippen LogP contribution >= 0.6 is 0 Å². The molecular weight excluding hydrogens is 651 g/mol. The largest absolute Gasteiger partial charge is 0.247 e. The van der Waals surface area contributed by atoms with Gasteiger partial charge in [-0.2, -0.15) is 0 Å². The molecule has 0 saturated heterocycles. The van der Waals surface area contributed by atoms with E-state index in [1.807, 2.05) is 84.9 Å². The quantitative estimate of drug-likeness (QED) is 0.163. The first-order chi connectivity index (χ1) is 26.3. The summed E-state index contributed by atoms with van der Waals surface area (Å²) in [6.45, 7) is 0. The Morgan fingerprint density at radius 3 is 1.55 bits per heavy atom. The second-order valence-corrected chi connectivity index (χ2v) is 13.0. The standard InChI is InChI=1S/C47H29N5O/c1-5-13-31(14-6-1)37-28-39-43(46-45(37)51-53-52-46)38-27-36(25-26-40(38)48-44(39)34-17-9-3-10-18-34)30-21-23-33(24-22-30)42-29-41(32-15-7-2-8-16-32)49-47(50-42)35-19-11-4-12-20-35/h1-29H. The van der Waals surface area contributed by atoms with Gasteiger partial charge in [0.25, 0.3) is 0 Å². The molecule has 248 valence electrons. The van der Waals surface area contributed by atoms with Gasteiger partial charge < -0.3 is 0 Å². The topological polar surface area (TPSA) is 77.6 Å². The number of nitrogens with zero attached hydrogens (tertiary/aromatic N) is 5. The Labute approximate surface area is 305 Å². The van der Waals surface area contributed by atoms with Crippen molar-refractivity contribution in [2.24, 2.45) is 0 Å². The van der Waals surface area contributed by atoms with E-state index in [9.17, 15) is 0 Å². The van der Waals surface area contributed by atoms with Crippen LogP contribution in [0.5, 0.6) is 0 Å². The van der Waals surface area contributed by atoms with Gasteiger partial charge in [0.05, 0.1) is 22.6 Å². The number of aromatic nitrogens is 5.